The Morgan fingerprint density at radius 3 is 2.38 bits per heavy atom. The topological polar surface area (TPSA) is 88.5 Å². The lowest BCUT2D eigenvalue weighted by Gasteiger charge is -2.33. The smallest absolute Gasteiger partial charge is 0.259 e. The molecule has 2 aromatic rings. The zero-order valence-corrected chi connectivity index (χ0v) is 14.6. The van der Waals surface area contributed by atoms with Crippen molar-refractivity contribution >= 4 is 5.91 Å². The molecule has 1 saturated heterocycles. The van der Waals surface area contributed by atoms with E-state index in [2.05, 4.69) is 20.2 Å². The van der Waals surface area contributed by atoms with Gasteiger partial charge in [0.05, 0.1) is 12.2 Å². The molecule has 3 rings (SSSR count). The summed E-state index contributed by atoms with van der Waals surface area (Å²) in [6.45, 7) is 11.1. The fourth-order valence-corrected chi connectivity index (χ4v) is 2.81. The van der Waals surface area contributed by atoms with Gasteiger partial charge in [0.2, 0.25) is 5.89 Å². The molecule has 130 valence electrons. The number of carbonyl (C=O) groups is 1. The van der Waals surface area contributed by atoms with E-state index in [9.17, 15) is 4.79 Å². The zero-order valence-electron chi connectivity index (χ0n) is 14.6. The first-order valence-corrected chi connectivity index (χ1v) is 8.22. The van der Waals surface area contributed by atoms with E-state index in [1.54, 1.807) is 13.8 Å². The van der Waals surface area contributed by atoms with Crippen molar-refractivity contribution in [3.63, 3.8) is 0 Å². The van der Waals surface area contributed by atoms with Gasteiger partial charge in [0.25, 0.3) is 5.91 Å². The second-order valence-electron chi connectivity index (χ2n) is 6.47. The molecule has 8 heteroatoms. The minimum absolute atomic E-state index is 0.00853. The van der Waals surface area contributed by atoms with Crippen molar-refractivity contribution in [2.75, 3.05) is 26.2 Å². The first-order chi connectivity index (χ1) is 11.5. The van der Waals surface area contributed by atoms with E-state index in [-0.39, 0.29) is 11.8 Å². The predicted octanol–water partition coefficient (Wildman–Crippen LogP) is 1.76. The lowest BCUT2D eigenvalue weighted by molar-refractivity contribution is 0.0613. The predicted molar refractivity (Wildman–Crippen MR) is 85.5 cm³/mol. The molecule has 0 radical (unpaired) electrons. The summed E-state index contributed by atoms with van der Waals surface area (Å²) in [5.74, 6) is 2.19. The summed E-state index contributed by atoms with van der Waals surface area (Å²) in [5.41, 5.74) is 1.23. The molecule has 1 amide bonds. The summed E-state index contributed by atoms with van der Waals surface area (Å²) in [7, 11) is 0. The summed E-state index contributed by atoms with van der Waals surface area (Å²) in [4.78, 5) is 21.1. The van der Waals surface area contributed by atoms with E-state index in [1.807, 2.05) is 18.7 Å². The van der Waals surface area contributed by atoms with E-state index in [1.165, 1.54) is 0 Å². The Bertz CT molecular complexity index is 694. The molecule has 0 aromatic carbocycles. The average molecular weight is 333 g/mol. The van der Waals surface area contributed by atoms with Crippen LogP contribution in [0.3, 0.4) is 0 Å². The summed E-state index contributed by atoms with van der Waals surface area (Å²) in [5, 5.41) is 7.84. The number of rotatable bonds is 4. The Labute approximate surface area is 140 Å². The number of carbonyl (C=O) groups excluding carboxylic acids is 1. The zero-order chi connectivity index (χ0) is 17.3. The van der Waals surface area contributed by atoms with Gasteiger partial charge in [-0.05, 0) is 13.8 Å². The van der Waals surface area contributed by atoms with Crippen LogP contribution in [-0.2, 0) is 6.54 Å². The SMILES string of the molecule is Cc1noc(C)c1C(=O)N1CCN(Cc2nc(C(C)C)no2)CC1. The van der Waals surface area contributed by atoms with Crippen molar-refractivity contribution in [1.82, 2.24) is 25.1 Å². The van der Waals surface area contributed by atoms with Gasteiger partial charge >= 0.3 is 0 Å². The highest BCUT2D eigenvalue weighted by Crippen LogP contribution is 2.17. The molecular weight excluding hydrogens is 310 g/mol. The first kappa shape index (κ1) is 16.6. The third kappa shape index (κ3) is 3.33. The largest absolute Gasteiger partial charge is 0.361 e. The molecule has 0 unspecified atom stereocenters. The van der Waals surface area contributed by atoms with E-state index >= 15 is 0 Å². The van der Waals surface area contributed by atoms with Crippen LogP contribution in [0.2, 0.25) is 0 Å². The van der Waals surface area contributed by atoms with Crippen molar-refractivity contribution in [2.24, 2.45) is 0 Å². The number of aromatic nitrogens is 3. The van der Waals surface area contributed by atoms with Crippen molar-refractivity contribution in [3.05, 3.63) is 28.7 Å². The van der Waals surface area contributed by atoms with Crippen molar-refractivity contribution in [1.29, 1.82) is 0 Å². The van der Waals surface area contributed by atoms with Gasteiger partial charge < -0.3 is 13.9 Å². The minimum Gasteiger partial charge on any atom is -0.361 e. The van der Waals surface area contributed by atoms with Gasteiger partial charge in [0.1, 0.15) is 11.3 Å². The first-order valence-electron chi connectivity index (χ1n) is 8.22. The van der Waals surface area contributed by atoms with Gasteiger partial charge in [-0.25, -0.2) is 0 Å². The number of hydrogen-bond acceptors (Lipinski definition) is 7. The summed E-state index contributed by atoms with van der Waals surface area (Å²) >= 11 is 0. The quantitative estimate of drug-likeness (QED) is 0.842. The number of nitrogens with zero attached hydrogens (tertiary/aromatic N) is 5. The molecule has 0 atom stereocenters. The standard InChI is InChI=1S/C16H23N5O3/c1-10(2)15-17-13(24-19-15)9-20-5-7-21(8-6-20)16(22)14-11(3)18-23-12(14)4/h10H,5-9H2,1-4H3. The molecule has 3 heterocycles. The lowest BCUT2D eigenvalue weighted by Crippen LogP contribution is -2.48. The van der Waals surface area contributed by atoms with Crippen molar-refractivity contribution in [3.8, 4) is 0 Å². The monoisotopic (exact) mass is 333 g/mol. The maximum atomic E-state index is 12.6. The Balaban J connectivity index is 1.56. The van der Waals surface area contributed by atoms with Crippen LogP contribution in [0.1, 0.15) is 53.3 Å². The van der Waals surface area contributed by atoms with E-state index in [0.29, 0.717) is 42.5 Å². The highest BCUT2D eigenvalue weighted by Gasteiger charge is 2.27. The molecule has 2 aromatic heterocycles. The van der Waals surface area contributed by atoms with Gasteiger partial charge in [-0.15, -0.1) is 0 Å². The second kappa shape index (κ2) is 6.72. The molecule has 0 saturated carbocycles. The lowest BCUT2D eigenvalue weighted by atomic mass is 10.1. The fraction of sp³-hybridized carbons (Fsp3) is 0.625. The highest BCUT2D eigenvalue weighted by molar-refractivity contribution is 5.96. The van der Waals surface area contributed by atoms with Crippen LogP contribution in [0.5, 0.6) is 0 Å². The van der Waals surface area contributed by atoms with Crippen LogP contribution >= 0.6 is 0 Å². The average Bonchev–Trinajstić information content (AvgIpc) is 3.15. The fourth-order valence-electron chi connectivity index (χ4n) is 2.81. The van der Waals surface area contributed by atoms with Gasteiger partial charge in [-0.1, -0.05) is 24.2 Å². The maximum Gasteiger partial charge on any atom is 0.259 e. The number of amides is 1. The van der Waals surface area contributed by atoms with Crippen molar-refractivity contribution < 1.29 is 13.8 Å². The molecule has 1 aliphatic rings. The second-order valence-corrected chi connectivity index (χ2v) is 6.47. The molecule has 0 aliphatic carbocycles. The molecule has 1 fully saturated rings. The van der Waals surface area contributed by atoms with Crippen LogP contribution in [0.15, 0.2) is 9.05 Å². The Morgan fingerprint density at radius 2 is 1.83 bits per heavy atom. The van der Waals surface area contributed by atoms with Gasteiger partial charge in [0.15, 0.2) is 5.82 Å². The molecule has 24 heavy (non-hydrogen) atoms. The molecule has 1 aliphatic heterocycles. The van der Waals surface area contributed by atoms with Gasteiger partial charge in [0, 0.05) is 32.1 Å². The normalized spacial score (nSPS) is 16.1. The third-order valence-corrected chi connectivity index (χ3v) is 4.27. The van der Waals surface area contributed by atoms with Gasteiger partial charge in [-0.3, -0.25) is 9.69 Å². The highest BCUT2D eigenvalue weighted by atomic mass is 16.5. The Morgan fingerprint density at radius 1 is 1.12 bits per heavy atom. The third-order valence-electron chi connectivity index (χ3n) is 4.27. The molecule has 0 bridgehead atoms. The summed E-state index contributed by atoms with van der Waals surface area (Å²) in [6.07, 6.45) is 0. The van der Waals surface area contributed by atoms with E-state index < -0.39 is 0 Å². The number of hydrogen-bond donors (Lipinski definition) is 0. The van der Waals surface area contributed by atoms with E-state index in [4.69, 9.17) is 9.05 Å². The van der Waals surface area contributed by atoms with Crippen LogP contribution < -0.4 is 0 Å². The minimum atomic E-state index is -0.00853. The van der Waals surface area contributed by atoms with Gasteiger partial charge in [-0.2, -0.15) is 4.98 Å². The van der Waals surface area contributed by atoms with Crippen LogP contribution in [0, 0.1) is 13.8 Å². The molecule has 8 nitrogen and oxygen atoms in total. The summed E-state index contributed by atoms with van der Waals surface area (Å²) < 4.78 is 10.4. The Kier molecular flexibility index (Phi) is 4.66. The Hall–Kier alpha value is -2.22. The molecule has 0 spiro atoms. The molecule has 0 N–H and O–H groups in total. The van der Waals surface area contributed by atoms with Crippen LogP contribution in [0.25, 0.3) is 0 Å². The number of aryl methyl sites for hydroxylation is 2. The van der Waals surface area contributed by atoms with E-state index in [0.717, 1.165) is 18.9 Å². The van der Waals surface area contributed by atoms with Crippen LogP contribution in [0.4, 0.5) is 0 Å². The molecular formula is C16H23N5O3. The van der Waals surface area contributed by atoms with Crippen LogP contribution in [-0.4, -0.2) is 57.2 Å². The maximum absolute atomic E-state index is 12.6. The summed E-state index contributed by atoms with van der Waals surface area (Å²) in [6, 6.07) is 0. The van der Waals surface area contributed by atoms with Crippen molar-refractivity contribution in [2.45, 2.75) is 40.2 Å². The number of piperazine rings is 1.